The first-order valence-corrected chi connectivity index (χ1v) is 49.6. The van der Waals surface area contributed by atoms with E-state index in [9.17, 15) is 71.9 Å². The van der Waals surface area contributed by atoms with Gasteiger partial charge < -0.3 is 81.5 Å². The molecule has 816 valence electrons. The van der Waals surface area contributed by atoms with E-state index in [1.807, 2.05) is 26.0 Å². The number of carboxylic acids is 1. The summed E-state index contributed by atoms with van der Waals surface area (Å²) < 4.78 is 76.1. The standard InChI is InChI=1S/C16H24O2.C15H19NO3.C15H12O7.C15H20O3.C13H18O2.C11H16O3.C10H16O2.C9H10O6.C7H9NO3.4CH4/c1-5-14(17)18-13-9-12-10-7-6-8-11(10)16(13,4)15(12,2)3;1-4-14(17)16-7-12-5-10(2)15(11(3)6-12)19-9-13-8-18-13;1-8(2)12(16)20-5-6-21-13(17)9-3-4-10-11(7-9)15(19)22-14(10)18;1-2-14(16)17-8-9-18-15-12-6-7-13(15)11-5-3-4-10(11)12;1-2-12(14)15-13-10-6-7-11(13)9-5-3-4-8(9)10;1-7(2)11(12)13-6-8-3-4-9-10(5-8)14-9;1-3-8-7-9(8)5-6-12-10(11)4-2;1-2-8(12)14-5-6-15-9(13)4-3-7(10)11;1-6(2)7(10)11-4-3-8-5-9;;;;/h5,10-13H,1,6-9H2,2-4H3;4-6,13H,1,7-9H2,2-3H3,(H,16,17);3-4,7H,1,5-6H2,2H3;2-4,10-13,15H,1,5-9H2;2,8-11,13H,1,3-7H2;8-10H,1,3-6H2,2H3;4,8-9H,2-3,5-7H2,1H3;2-4H,1,5-6H2,(H,10,11);1,3-4H2,2H3;4*1H4. The van der Waals surface area contributed by atoms with Gasteiger partial charge in [0, 0.05) is 71.2 Å². The monoisotopic (exact) mass is 2070 g/mol. The zero-order chi connectivity index (χ0) is 106. The highest BCUT2D eigenvalue weighted by Gasteiger charge is 2.72. The molecule has 0 radical (unpaired) electrons. The number of hydrogen-bond donors (Lipinski definition) is 2. The first kappa shape index (κ1) is 128. The van der Waals surface area contributed by atoms with Gasteiger partial charge in [-0.1, -0.05) is 160 Å². The van der Waals surface area contributed by atoms with Crippen molar-refractivity contribution in [1.82, 2.24) is 5.32 Å². The Hall–Kier alpha value is -12.6. The Morgan fingerprint density at radius 2 is 1.05 bits per heavy atom. The molecule has 2 aromatic rings. The van der Waals surface area contributed by atoms with Crippen LogP contribution in [-0.4, -0.2) is 211 Å². The number of allylic oxidation sites excluding steroid dienone is 2. The number of isocyanates is 1. The van der Waals surface area contributed by atoms with Crippen molar-refractivity contribution >= 4 is 89.6 Å². The van der Waals surface area contributed by atoms with E-state index in [0.29, 0.717) is 104 Å². The first-order chi connectivity index (χ1) is 68.7. The zero-order valence-electron chi connectivity index (χ0n) is 84.6. The maximum absolute atomic E-state index is 11.8. The summed E-state index contributed by atoms with van der Waals surface area (Å²) in [6.45, 7) is 52.3. The van der Waals surface area contributed by atoms with Crippen LogP contribution >= 0.6 is 0 Å². The Morgan fingerprint density at radius 1 is 0.527 bits per heavy atom. The van der Waals surface area contributed by atoms with Crippen LogP contribution in [0.3, 0.4) is 0 Å². The minimum absolute atomic E-state index is 0. The molecule has 0 spiro atoms. The van der Waals surface area contributed by atoms with Gasteiger partial charge in [-0.2, -0.15) is 0 Å². The molecule has 2 saturated heterocycles. The molecule has 1 amide bonds. The molecule has 148 heavy (non-hydrogen) atoms. The van der Waals surface area contributed by atoms with Gasteiger partial charge in [0.25, 0.3) is 0 Å². The molecule has 20 unspecified atom stereocenters. The summed E-state index contributed by atoms with van der Waals surface area (Å²) in [6.07, 6.45) is 39.2. The van der Waals surface area contributed by atoms with Gasteiger partial charge in [0.2, 0.25) is 12.0 Å². The Bertz CT molecular complexity index is 5060. The molecule has 3 aliphatic heterocycles. The minimum Gasteiger partial charge on any atom is -0.490 e. The van der Waals surface area contributed by atoms with E-state index in [4.69, 9.17) is 57.2 Å². The third kappa shape index (κ3) is 37.3. The van der Waals surface area contributed by atoms with Gasteiger partial charge in [-0.25, -0.2) is 72.1 Å². The Labute approximate surface area is 873 Å². The van der Waals surface area contributed by atoms with Gasteiger partial charge in [-0.3, -0.25) is 4.79 Å². The number of fused-ring (bicyclic) bond motifs is 17. The van der Waals surface area contributed by atoms with E-state index in [1.54, 1.807) is 13.8 Å². The highest BCUT2D eigenvalue weighted by Crippen LogP contribution is 2.74. The fourth-order valence-electron chi connectivity index (χ4n) is 22.1. The lowest BCUT2D eigenvalue weighted by atomic mass is 9.64. The highest BCUT2D eigenvalue weighted by atomic mass is 16.6. The number of nitrogens with one attached hydrogen (secondary N) is 1. The summed E-state index contributed by atoms with van der Waals surface area (Å²) in [6, 6.07) is 7.95. The maximum atomic E-state index is 11.8. The number of aliphatic imine (C=N–C) groups is 1. The molecule has 3 heterocycles. The van der Waals surface area contributed by atoms with E-state index < -0.39 is 47.8 Å². The van der Waals surface area contributed by atoms with Gasteiger partial charge in [0.05, 0.1) is 68.0 Å². The predicted molar refractivity (Wildman–Crippen MR) is 555 cm³/mol. The number of carbonyl (C=O) groups is 14. The maximum Gasteiger partial charge on any atom is 0.346 e. The number of aryl methyl sites for hydroxylation is 2. The summed E-state index contributed by atoms with van der Waals surface area (Å²) in [5, 5.41) is 10.9. The summed E-state index contributed by atoms with van der Waals surface area (Å²) >= 11 is 0. The van der Waals surface area contributed by atoms with Crippen LogP contribution in [0.1, 0.15) is 242 Å². The topological polar surface area (TPSA) is 446 Å². The predicted octanol–water partition coefficient (Wildman–Crippen LogP) is 18.3. The number of rotatable bonds is 38. The molecule has 12 fully saturated rings. The van der Waals surface area contributed by atoms with E-state index >= 15 is 0 Å². The smallest absolute Gasteiger partial charge is 0.346 e. The van der Waals surface area contributed by atoms with Crippen LogP contribution in [0, 0.1) is 108 Å². The Balaban J connectivity index is 0.000000348. The Morgan fingerprint density at radius 3 is 1.60 bits per heavy atom. The van der Waals surface area contributed by atoms with Gasteiger partial charge in [-0.15, -0.1) is 0 Å². The molecule has 33 nitrogen and oxygen atoms in total. The number of esters is 12. The van der Waals surface area contributed by atoms with E-state index in [-0.39, 0.29) is 151 Å². The number of epoxide rings is 2. The van der Waals surface area contributed by atoms with Gasteiger partial charge >= 0.3 is 77.6 Å². The summed E-state index contributed by atoms with van der Waals surface area (Å²) in [7, 11) is 0. The Kier molecular flexibility index (Phi) is 54.1. The van der Waals surface area contributed by atoms with Crippen molar-refractivity contribution in [3.8, 4) is 5.75 Å². The van der Waals surface area contributed by atoms with Crippen LogP contribution < -0.4 is 10.1 Å². The quantitative estimate of drug-likeness (QED) is 0.00725. The molecule has 16 rings (SSSR count). The highest BCUT2D eigenvalue weighted by molar-refractivity contribution is 6.15. The molecular formula is C115H160N2O31. The van der Waals surface area contributed by atoms with Crippen LogP contribution in [-0.2, 0) is 130 Å². The molecule has 2 aromatic carbocycles. The van der Waals surface area contributed by atoms with Crippen LogP contribution in [0.15, 0.2) is 172 Å². The van der Waals surface area contributed by atoms with Crippen molar-refractivity contribution in [2.45, 2.75) is 251 Å². The first-order valence-electron chi connectivity index (χ1n) is 49.6. The number of carboxylic acid groups (broad SMARTS) is 1. The number of nitrogens with zero attached hydrogens (tertiary/aromatic N) is 1. The molecule has 6 bridgehead atoms. The van der Waals surface area contributed by atoms with Crippen molar-refractivity contribution in [1.29, 1.82) is 0 Å². The average Bonchev–Trinajstić information content (AvgIpc) is 1.51. The lowest BCUT2D eigenvalue weighted by molar-refractivity contribution is -0.154. The fourth-order valence-corrected chi connectivity index (χ4v) is 22.1. The molecule has 11 aliphatic carbocycles. The molecule has 10 saturated carbocycles. The van der Waals surface area contributed by atoms with E-state index in [0.717, 1.165) is 132 Å². The summed E-state index contributed by atoms with van der Waals surface area (Å²) in [5.41, 5.74) is 4.94. The van der Waals surface area contributed by atoms with Crippen LogP contribution in [0.2, 0.25) is 0 Å². The molecule has 33 heteroatoms. The molecule has 20 atom stereocenters. The largest absolute Gasteiger partial charge is 0.490 e. The number of hydrogen-bond acceptors (Lipinski definition) is 31. The number of cyclic esters (lactones) is 2. The fraction of sp³-hybridized carbons (Fsp3) is 0.574. The lowest BCUT2D eigenvalue weighted by Crippen LogP contribution is -2.43. The van der Waals surface area contributed by atoms with Gasteiger partial charge in [-0.05, 0) is 260 Å². The summed E-state index contributed by atoms with van der Waals surface area (Å²) in [5.74, 6) is 4.01. The van der Waals surface area contributed by atoms with Gasteiger partial charge in [0.1, 0.15) is 70.3 Å². The molecular weight excluding hydrogens is 1910 g/mol. The normalized spacial score (nSPS) is 26.4. The third-order valence-corrected chi connectivity index (χ3v) is 29.5. The van der Waals surface area contributed by atoms with Crippen molar-refractivity contribution < 1.29 is 148 Å². The SMILES string of the molecule is C.C.C.C.C=C(C)C(=O)OCC1CCC2OC2C1.C=C(C)C(=O)OCCN=C=O.C=C(C)C(=O)OCCOC(=O)c1ccc2c(c1)C(=O)OC2=O.C=CC(=O)NCc1cc(C)c(OCC2CO2)c(C)c1.C=CC(=O)OC1C2CCC1C1CCCC12.C=CC(=O)OC1CC2C3CCCC3C1(C)C2(C)C.C=CC(=O)OCCC1CC1CC.C=CC(=O)OCCOC(=O)C=CC(=O)O.C=CC(=O)OCCOC1C2CCC1C1CC=CC12. The lowest BCUT2D eigenvalue weighted by Gasteiger charge is -2.43. The van der Waals surface area contributed by atoms with Crippen LogP contribution in [0.25, 0.3) is 0 Å². The summed E-state index contributed by atoms with van der Waals surface area (Å²) in [4.78, 5) is 167. The van der Waals surface area contributed by atoms with E-state index in [2.05, 4.69) is 128 Å². The average molecular weight is 2070 g/mol. The van der Waals surface area contributed by atoms with Crippen molar-refractivity contribution in [2.75, 3.05) is 79.2 Å². The number of aliphatic carboxylic acids is 1. The molecule has 14 aliphatic rings. The number of benzene rings is 2. The molecule has 2 N–H and O–H groups in total. The second kappa shape index (κ2) is 62.7. The number of carbonyl (C=O) groups excluding carboxylic acids is 14. The van der Waals surface area contributed by atoms with Crippen molar-refractivity contribution in [3.05, 3.63) is 200 Å². The number of amides is 1. The number of ether oxygens (including phenoxy) is 15. The van der Waals surface area contributed by atoms with Crippen molar-refractivity contribution in [3.63, 3.8) is 0 Å². The van der Waals surface area contributed by atoms with E-state index in [1.165, 1.54) is 145 Å². The molecule has 0 aromatic heterocycles. The zero-order valence-corrected chi connectivity index (χ0v) is 84.6. The minimum atomic E-state index is -1.25. The van der Waals surface area contributed by atoms with Crippen LogP contribution in [0.5, 0.6) is 5.75 Å². The second-order valence-electron chi connectivity index (χ2n) is 38.9. The van der Waals surface area contributed by atoms with Crippen LogP contribution in [0.4, 0.5) is 0 Å². The third-order valence-electron chi connectivity index (χ3n) is 29.5. The second-order valence-corrected chi connectivity index (χ2v) is 38.9. The van der Waals surface area contributed by atoms with Crippen molar-refractivity contribution in [2.24, 2.45) is 98.7 Å². The van der Waals surface area contributed by atoms with Gasteiger partial charge in [0.15, 0.2) is 0 Å².